The van der Waals surface area contributed by atoms with Gasteiger partial charge in [0, 0.05) is 29.2 Å². The summed E-state index contributed by atoms with van der Waals surface area (Å²) >= 11 is 0. The first-order chi connectivity index (χ1) is 11.7. The number of ketones is 1. The molecule has 2 aromatic heterocycles. The maximum atomic E-state index is 12.7. The Kier molecular flexibility index (Phi) is 3.90. The zero-order valence-electron chi connectivity index (χ0n) is 13.7. The Hall–Kier alpha value is -2.47. The number of para-hydroxylation sites is 1. The molecular weight excluding hydrogens is 304 g/mol. The molecule has 4 rings (SSSR count). The van der Waals surface area contributed by atoms with E-state index in [-0.39, 0.29) is 11.7 Å². The molecule has 1 atom stereocenters. The number of H-pyrrole nitrogens is 1. The van der Waals surface area contributed by atoms with Crippen molar-refractivity contribution >= 4 is 16.7 Å². The first-order valence-electron chi connectivity index (χ1n) is 8.32. The quantitative estimate of drug-likeness (QED) is 0.747. The van der Waals surface area contributed by atoms with E-state index < -0.39 is 0 Å². The fourth-order valence-electron chi connectivity index (χ4n) is 3.47. The van der Waals surface area contributed by atoms with Gasteiger partial charge < -0.3 is 9.51 Å². The highest BCUT2D eigenvalue weighted by atomic mass is 16.5. The van der Waals surface area contributed by atoms with Gasteiger partial charge in [0.25, 0.3) is 0 Å². The van der Waals surface area contributed by atoms with Gasteiger partial charge in [-0.2, -0.15) is 4.98 Å². The van der Waals surface area contributed by atoms with Crippen LogP contribution in [-0.4, -0.2) is 45.4 Å². The third-order valence-electron chi connectivity index (χ3n) is 4.65. The highest BCUT2D eigenvalue weighted by Crippen LogP contribution is 2.26. The number of carbonyl (C=O) groups is 1. The van der Waals surface area contributed by atoms with E-state index in [4.69, 9.17) is 4.52 Å². The molecule has 0 radical (unpaired) electrons. The molecule has 0 saturated carbocycles. The smallest absolute Gasteiger partial charge is 0.231 e. The molecule has 1 aliphatic heterocycles. The van der Waals surface area contributed by atoms with Crippen LogP contribution in [0.1, 0.15) is 40.8 Å². The van der Waals surface area contributed by atoms with E-state index in [1.807, 2.05) is 37.4 Å². The summed E-state index contributed by atoms with van der Waals surface area (Å²) in [5.41, 5.74) is 1.76. The molecule has 0 amide bonds. The van der Waals surface area contributed by atoms with E-state index in [1.165, 1.54) is 0 Å². The number of aryl methyl sites for hydroxylation is 1. The van der Waals surface area contributed by atoms with Gasteiger partial charge in [-0.15, -0.1) is 0 Å². The minimum Gasteiger partial charge on any atom is -0.360 e. The normalized spacial score (nSPS) is 19.0. The van der Waals surface area contributed by atoms with E-state index >= 15 is 0 Å². The first-order valence-corrected chi connectivity index (χ1v) is 8.32. The third kappa shape index (κ3) is 2.85. The molecule has 0 spiro atoms. The first kappa shape index (κ1) is 15.1. The van der Waals surface area contributed by atoms with Gasteiger partial charge in [0.15, 0.2) is 11.6 Å². The van der Waals surface area contributed by atoms with Crippen molar-refractivity contribution in [2.45, 2.75) is 25.7 Å². The molecule has 3 aromatic rings. The number of hydrogen-bond donors (Lipinski definition) is 1. The number of hydrogen-bond acceptors (Lipinski definition) is 5. The summed E-state index contributed by atoms with van der Waals surface area (Å²) in [5, 5.41) is 4.87. The molecule has 0 aliphatic carbocycles. The van der Waals surface area contributed by atoms with Crippen molar-refractivity contribution in [1.82, 2.24) is 20.0 Å². The lowest BCUT2D eigenvalue weighted by molar-refractivity contribution is 0.0900. The second kappa shape index (κ2) is 6.20. The number of Topliss-reactive ketones (excluding diaryl/α,β-unsaturated/α-hetero) is 1. The van der Waals surface area contributed by atoms with Crippen molar-refractivity contribution in [3.05, 3.63) is 47.7 Å². The number of piperidine rings is 1. The summed E-state index contributed by atoms with van der Waals surface area (Å²) in [6.07, 6.45) is 3.88. The summed E-state index contributed by atoms with van der Waals surface area (Å²) in [7, 11) is 0. The molecule has 6 heteroatoms. The Morgan fingerprint density at radius 2 is 2.29 bits per heavy atom. The number of likely N-dealkylation sites (tertiary alicyclic amines) is 1. The van der Waals surface area contributed by atoms with Gasteiger partial charge in [-0.1, -0.05) is 23.4 Å². The van der Waals surface area contributed by atoms with E-state index in [0.29, 0.717) is 18.3 Å². The molecule has 1 aromatic carbocycles. The predicted octanol–water partition coefficient (Wildman–Crippen LogP) is 2.92. The van der Waals surface area contributed by atoms with Crippen molar-refractivity contribution in [2.24, 2.45) is 0 Å². The van der Waals surface area contributed by atoms with Crippen molar-refractivity contribution < 1.29 is 9.32 Å². The largest absolute Gasteiger partial charge is 0.360 e. The lowest BCUT2D eigenvalue weighted by Crippen LogP contribution is -2.38. The number of carbonyl (C=O) groups excluding carboxylic acids is 1. The number of aromatic amines is 1. The van der Waals surface area contributed by atoms with Gasteiger partial charge in [-0.3, -0.25) is 9.69 Å². The van der Waals surface area contributed by atoms with Gasteiger partial charge in [0.05, 0.1) is 12.5 Å². The second-order valence-electron chi connectivity index (χ2n) is 6.43. The summed E-state index contributed by atoms with van der Waals surface area (Å²) in [5.74, 6) is 1.72. The maximum absolute atomic E-state index is 12.7. The molecule has 1 N–H and O–H groups in total. The Balaban J connectivity index is 1.47. The average molecular weight is 324 g/mol. The van der Waals surface area contributed by atoms with Gasteiger partial charge in [-0.05, 0) is 32.4 Å². The zero-order valence-corrected chi connectivity index (χ0v) is 13.7. The molecule has 0 bridgehead atoms. The molecule has 3 heterocycles. The van der Waals surface area contributed by atoms with Crippen LogP contribution < -0.4 is 0 Å². The van der Waals surface area contributed by atoms with Gasteiger partial charge in [0.2, 0.25) is 5.89 Å². The van der Waals surface area contributed by atoms with Crippen LogP contribution >= 0.6 is 0 Å². The number of nitrogens with zero attached hydrogens (tertiary/aromatic N) is 3. The van der Waals surface area contributed by atoms with Crippen LogP contribution in [0.25, 0.3) is 10.9 Å². The van der Waals surface area contributed by atoms with E-state index in [1.54, 1.807) is 0 Å². The standard InChI is InChI=1S/C18H20N4O2/c1-12-20-18(24-21-12)13-5-4-8-22(10-13)11-17(23)15-9-19-16-7-3-2-6-14(15)16/h2-3,6-7,9,13,19H,4-5,8,10-11H2,1H3/t13-/m0/s1. The van der Waals surface area contributed by atoms with Crippen LogP contribution in [0.2, 0.25) is 0 Å². The van der Waals surface area contributed by atoms with Crippen LogP contribution in [0.5, 0.6) is 0 Å². The van der Waals surface area contributed by atoms with Crippen molar-refractivity contribution in [3.63, 3.8) is 0 Å². The fourth-order valence-corrected chi connectivity index (χ4v) is 3.47. The minimum atomic E-state index is 0.148. The fraction of sp³-hybridized carbons (Fsp3) is 0.389. The molecule has 0 unspecified atom stereocenters. The van der Waals surface area contributed by atoms with Gasteiger partial charge in [-0.25, -0.2) is 0 Å². The number of rotatable bonds is 4. The van der Waals surface area contributed by atoms with Crippen molar-refractivity contribution in [3.8, 4) is 0 Å². The second-order valence-corrected chi connectivity index (χ2v) is 6.43. The number of fused-ring (bicyclic) bond motifs is 1. The average Bonchev–Trinajstić information content (AvgIpc) is 3.21. The number of benzene rings is 1. The Morgan fingerprint density at radius 1 is 1.42 bits per heavy atom. The Bertz CT molecular complexity index is 867. The predicted molar refractivity (Wildman–Crippen MR) is 90.1 cm³/mol. The Morgan fingerprint density at radius 3 is 3.12 bits per heavy atom. The number of nitrogens with one attached hydrogen (secondary N) is 1. The molecule has 124 valence electrons. The monoisotopic (exact) mass is 324 g/mol. The van der Waals surface area contributed by atoms with Gasteiger partial charge >= 0.3 is 0 Å². The minimum absolute atomic E-state index is 0.148. The zero-order chi connectivity index (χ0) is 16.5. The van der Waals surface area contributed by atoms with Gasteiger partial charge in [0.1, 0.15) is 0 Å². The van der Waals surface area contributed by atoms with Crippen LogP contribution in [0.3, 0.4) is 0 Å². The Labute approximate surface area is 139 Å². The summed E-state index contributed by atoms with van der Waals surface area (Å²) in [6, 6.07) is 7.90. The molecule has 6 nitrogen and oxygen atoms in total. The lowest BCUT2D eigenvalue weighted by atomic mass is 9.97. The van der Waals surface area contributed by atoms with Crippen LogP contribution in [0.4, 0.5) is 0 Å². The van der Waals surface area contributed by atoms with Crippen molar-refractivity contribution in [2.75, 3.05) is 19.6 Å². The van der Waals surface area contributed by atoms with Crippen LogP contribution in [0.15, 0.2) is 35.0 Å². The summed E-state index contributed by atoms with van der Waals surface area (Å²) < 4.78 is 5.31. The molecule has 1 saturated heterocycles. The SMILES string of the molecule is Cc1noc([C@H]2CCCN(CC(=O)c3c[nH]c4ccccc34)C2)n1. The van der Waals surface area contributed by atoms with Crippen LogP contribution in [0, 0.1) is 6.92 Å². The van der Waals surface area contributed by atoms with E-state index in [9.17, 15) is 4.79 Å². The van der Waals surface area contributed by atoms with Crippen LogP contribution in [-0.2, 0) is 0 Å². The lowest BCUT2D eigenvalue weighted by Gasteiger charge is -2.30. The third-order valence-corrected chi connectivity index (χ3v) is 4.65. The topological polar surface area (TPSA) is 75.0 Å². The van der Waals surface area contributed by atoms with Crippen molar-refractivity contribution in [1.29, 1.82) is 0 Å². The maximum Gasteiger partial charge on any atom is 0.231 e. The number of aromatic nitrogens is 3. The molecule has 24 heavy (non-hydrogen) atoms. The summed E-state index contributed by atoms with van der Waals surface area (Å²) in [4.78, 5) is 22.4. The highest BCUT2D eigenvalue weighted by molar-refractivity contribution is 6.08. The summed E-state index contributed by atoms with van der Waals surface area (Å²) in [6.45, 7) is 3.97. The molecular formula is C18H20N4O2. The molecule has 1 fully saturated rings. The van der Waals surface area contributed by atoms with E-state index in [0.717, 1.165) is 42.4 Å². The van der Waals surface area contributed by atoms with E-state index in [2.05, 4.69) is 20.0 Å². The molecule has 1 aliphatic rings. The highest BCUT2D eigenvalue weighted by Gasteiger charge is 2.27.